The van der Waals surface area contributed by atoms with Crippen LogP contribution in [0.15, 0.2) is 36.4 Å². The normalized spacial score (nSPS) is 17.1. The molecule has 2 aromatic carbocycles. The van der Waals surface area contributed by atoms with Gasteiger partial charge in [-0.3, -0.25) is 0 Å². The first-order valence-corrected chi connectivity index (χ1v) is 12.4. The Morgan fingerprint density at radius 3 is 2.17 bits per heavy atom. The molecular weight excluding hydrogens is 483 g/mol. The topological polar surface area (TPSA) is 12.0 Å². The smallest absolute Gasteiger partial charge is 0.310 e. The third-order valence-corrected chi connectivity index (χ3v) is 6.52. The van der Waals surface area contributed by atoms with E-state index < -0.39 is 30.5 Å². The number of rotatable bonds is 10. The highest BCUT2D eigenvalue weighted by Gasteiger charge is 2.39. The van der Waals surface area contributed by atoms with Crippen LogP contribution >= 0.6 is 0 Å². The van der Waals surface area contributed by atoms with Crippen LogP contribution in [-0.4, -0.2) is 18.9 Å². The molecule has 0 radical (unpaired) electrons. The summed E-state index contributed by atoms with van der Waals surface area (Å²) in [4.78, 5) is 0. The predicted molar refractivity (Wildman–Crippen MR) is 128 cm³/mol. The Kier molecular flexibility index (Phi) is 9.25. The zero-order valence-corrected chi connectivity index (χ0v) is 20.5. The molecule has 2 aromatic rings. The van der Waals surface area contributed by atoms with Gasteiger partial charge < -0.3 is 5.32 Å². The maximum atomic E-state index is 14.8. The van der Waals surface area contributed by atoms with Gasteiger partial charge in [-0.25, -0.2) is 4.39 Å². The number of allylic oxidation sites excluding steroid dienone is 1. The van der Waals surface area contributed by atoms with Crippen molar-refractivity contribution in [1.82, 2.24) is 5.32 Å². The summed E-state index contributed by atoms with van der Waals surface area (Å²) in [6, 6.07) is 7.71. The Balaban J connectivity index is 1.84. The summed E-state index contributed by atoms with van der Waals surface area (Å²) in [7, 11) is 0. The maximum Gasteiger partial charge on any atom is 0.399 e. The minimum atomic E-state index is -4.55. The average molecular weight is 516 g/mol. The number of nitrogens with one attached hydrogen (secondary N) is 1. The van der Waals surface area contributed by atoms with Crippen molar-refractivity contribution in [1.29, 1.82) is 0 Å². The summed E-state index contributed by atoms with van der Waals surface area (Å²) in [5, 5.41) is 2.92. The minimum Gasteiger partial charge on any atom is -0.310 e. The predicted octanol–water partition coefficient (Wildman–Crippen LogP) is 8.62. The first-order valence-electron chi connectivity index (χ1n) is 12.4. The Morgan fingerprint density at radius 2 is 1.61 bits per heavy atom. The van der Waals surface area contributed by atoms with Crippen molar-refractivity contribution in [3.05, 3.63) is 75.6 Å². The number of halogens is 7. The summed E-state index contributed by atoms with van der Waals surface area (Å²) in [6.07, 6.45) is -3.89. The number of hydrogen-bond acceptors (Lipinski definition) is 1. The largest absolute Gasteiger partial charge is 0.399 e. The molecule has 3 rings (SSSR count). The van der Waals surface area contributed by atoms with Crippen LogP contribution in [0.2, 0.25) is 0 Å². The van der Waals surface area contributed by atoms with Gasteiger partial charge in [0.15, 0.2) is 0 Å². The average Bonchev–Trinajstić information content (AvgIpc) is 3.17. The lowest BCUT2D eigenvalue weighted by molar-refractivity contribution is -0.139. The van der Waals surface area contributed by atoms with E-state index in [4.69, 9.17) is 0 Å². The molecular formula is C28H32F7N. The third kappa shape index (κ3) is 7.34. The van der Waals surface area contributed by atoms with Gasteiger partial charge in [0.1, 0.15) is 5.82 Å². The monoisotopic (exact) mass is 515 g/mol. The Bertz CT molecular complexity index is 1030. The molecule has 0 spiro atoms. The van der Waals surface area contributed by atoms with Crippen LogP contribution in [-0.2, 0) is 19.3 Å². The molecule has 36 heavy (non-hydrogen) atoms. The lowest BCUT2D eigenvalue weighted by Gasteiger charge is -2.20. The van der Waals surface area contributed by atoms with E-state index in [1.165, 1.54) is 18.2 Å². The molecule has 2 unspecified atom stereocenters. The summed E-state index contributed by atoms with van der Waals surface area (Å²) < 4.78 is 94.3. The van der Waals surface area contributed by atoms with Gasteiger partial charge in [0.2, 0.25) is 0 Å². The van der Waals surface area contributed by atoms with Crippen molar-refractivity contribution in [3.63, 3.8) is 0 Å². The molecule has 1 nitrogen and oxygen atoms in total. The fraction of sp³-hybridized carbons (Fsp3) is 0.500. The molecule has 0 fully saturated rings. The molecule has 198 valence electrons. The summed E-state index contributed by atoms with van der Waals surface area (Å²) in [6.45, 7) is 3.54. The van der Waals surface area contributed by atoms with E-state index >= 15 is 0 Å². The Hall–Kier alpha value is -2.35. The number of benzene rings is 2. The van der Waals surface area contributed by atoms with Gasteiger partial charge in [-0.05, 0) is 59.1 Å². The number of aryl methyl sites for hydroxylation is 3. The fourth-order valence-electron chi connectivity index (χ4n) is 4.82. The van der Waals surface area contributed by atoms with Crippen molar-refractivity contribution in [3.8, 4) is 0 Å². The van der Waals surface area contributed by atoms with Gasteiger partial charge in [0.25, 0.3) is 0 Å². The third-order valence-electron chi connectivity index (χ3n) is 6.52. The van der Waals surface area contributed by atoms with Crippen LogP contribution in [0.4, 0.5) is 30.7 Å². The van der Waals surface area contributed by atoms with Crippen molar-refractivity contribution in [2.24, 2.45) is 0 Å². The molecule has 0 saturated heterocycles. The van der Waals surface area contributed by atoms with E-state index in [1.54, 1.807) is 18.2 Å². The van der Waals surface area contributed by atoms with Crippen LogP contribution in [0.25, 0.3) is 6.08 Å². The van der Waals surface area contributed by atoms with Crippen LogP contribution in [0.3, 0.4) is 0 Å². The van der Waals surface area contributed by atoms with Gasteiger partial charge in [-0.2, -0.15) is 26.3 Å². The summed E-state index contributed by atoms with van der Waals surface area (Å²) in [5.41, 5.74) is 3.03. The van der Waals surface area contributed by atoms with Crippen LogP contribution in [0, 0.1) is 5.82 Å². The molecule has 1 aliphatic rings. The molecule has 0 heterocycles. The Labute approximate surface area is 207 Å². The SMILES string of the molecule is CCCc1cc(C(/C=C/c2ccc3c(c2)CCC3NCCC(F)(F)F)C(F)(F)F)cc(CCC)c1F. The van der Waals surface area contributed by atoms with Crippen LogP contribution < -0.4 is 5.32 Å². The molecule has 1 N–H and O–H groups in total. The lowest BCUT2D eigenvalue weighted by atomic mass is 9.90. The van der Waals surface area contributed by atoms with E-state index in [0.29, 0.717) is 55.2 Å². The van der Waals surface area contributed by atoms with Gasteiger partial charge in [0, 0.05) is 12.6 Å². The van der Waals surface area contributed by atoms with Gasteiger partial charge >= 0.3 is 12.4 Å². The standard InChI is InChI=1S/C28H32F7N/c1-3-5-20-16-22(17-21(6-4-2)26(20)29)24(28(33,34)35)11-8-18-7-10-23-19(15-18)9-12-25(23)36-14-13-27(30,31)32/h7-8,10-11,15-17,24-25,36H,3-6,9,12-14H2,1-2H3/b11-8+. The second-order valence-electron chi connectivity index (χ2n) is 9.40. The summed E-state index contributed by atoms with van der Waals surface area (Å²) >= 11 is 0. The highest BCUT2D eigenvalue weighted by atomic mass is 19.4. The highest BCUT2D eigenvalue weighted by Crippen LogP contribution is 2.39. The zero-order valence-electron chi connectivity index (χ0n) is 20.5. The lowest BCUT2D eigenvalue weighted by Crippen LogP contribution is -2.24. The number of alkyl halides is 6. The van der Waals surface area contributed by atoms with Crippen LogP contribution in [0.1, 0.15) is 84.9 Å². The number of hydrogen-bond donors (Lipinski definition) is 1. The Morgan fingerprint density at radius 1 is 0.972 bits per heavy atom. The highest BCUT2D eigenvalue weighted by molar-refractivity contribution is 5.55. The fourth-order valence-corrected chi connectivity index (χ4v) is 4.82. The van der Waals surface area contributed by atoms with Crippen molar-refractivity contribution >= 4 is 6.08 Å². The second kappa shape index (κ2) is 11.8. The van der Waals surface area contributed by atoms with E-state index in [2.05, 4.69) is 5.32 Å². The van der Waals surface area contributed by atoms with E-state index in [0.717, 1.165) is 17.2 Å². The van der Waals surface area contributed by atoms with E-state index in [9.17, 15) is 30.7 Å². The molecule has 2 atom stereocenters. The van der Waals surface area contributed by atoms with E-state index in [1.807, 2.05) is 13.8 Å². The molecule has 0 aromatic heterocycles. The molecule has 0 bridgehead atoms. The first kappa shape index (κ1) is 28.2. The molecule has 0 amide bonds. The van der Waals surface area contributed by atoms with Gasteiger partial charge in [0.05, 0.1) is 12.3 Å². The molecule has 8 heteroatoms. The quantitative estimate of drug-likeness (QED) is 0.312. The van der Waals surface area contributed by atoms with Crippen molar-refractivity contribution < 1.29 is 30.7 Å². The van der Waals surface area contributed by atoms with Crippen molar-refractivity contribution in [2.75, 3.05) is 6.54 Å². The van der Waals surface area contributed by atoms with Gasteiger partial charge in [-0.15, -0.1) is 0 Å². The van der Waals surface area contributed by atoms with E-state index in [-0.39, 0.29) is 18.2 Å². The summed E-state index contributed by atoms with van der Waals surface area (Å²) in [5.74, 6) is -2.29. The van der Waals surface area contributed by atoms with Crippen LogP contribution in [0.5, 0.6) is 0 Å². The molecule has 0 saturated carbocycles. The zero-order chi connectivity index (χ0) is 26.5. The number of fused-ring (bicyclic) bond motifs is 1. The first-order chi connectivity index (χ1) is 16.9. The maximum absolute atomic E-state index is 14.8. The second-order valence-corrected chi connectivity index (χ2v) is 9.40. The molecule has 0 aliphatic heterocycles. The minimum absolute atomic E-state index is 0.0298. The van der Waals surface area contributed by atoms with Crippen molar-refractivity contribution in [2.45, 2.75) is 83.1 Å². The molecule has 1 aliphatic carbocycles. The van der Waals surface area contributed by atoms with Gasteiger partial charge in [-0.1, -0.05) is 69.2 Å².